The summed E-state index contributed by atoms with van der Waals surface area (Å²) in [5, 5.41) is 24.8. The molecule has 1 amide bonds. The van der Waals surface area contributed by atoms with Crippen molar-refractivity contribution >= 4 is 38.4 Å². The van der Waals surface area contributed by atoms with Crippen LogP contribution in [0.25, 0.3) is 22.3 Å². The van der Waals surface area contributed by atoms with E-state index in [1.54, 1.807) is 0 Å². The minimum Gasteiger partial charge on any atom is -0.507 e. The summed E-state index contributed by atoms with van der Waals surface area (Å²) in [6.07, 6.45) is 1.05. The van der Waals surface area contributed by atoms with E-state index in [-0.39, 0.29) is 40.5 Å². The fourth-order valence-electron chi connectivity index (χ4n) is 3.75. The summed E-state index contributed by atoms with van der Waals surface area (Å²) in [5.41, 5.74) is 1.27. The Morgan fingerprint density at radius 1 is 1.08 bits per heavy atom. The van der Waals surface area contributed by atoms with Crippen molar-refractivity contribution in [3.63, 3.8) is 0 Å². The molecule has 0 saturated heterocycles. The summed E-state index contributed by atoms with van der Waals surface area (Å²) in [5.74, 6) is -2.73. The summed E-state index contributed by atoms with van der Waals surface area (Å²) in [6.45, 7) is -0.121. The number of hydrogen-bond acceptors (Lipinski definition) is 8. The molecule has 0 spiro atoms. The van der Waals surface area contributed by atoms with E-state index < -0.39 is 39.2 Å². The predicted molar refractivity (Wildman–Crippen MR) is 138 cm³/mol. The number of carbonyl (C=O) groups excluding carboxylic acids is 1. The SMILES string of the molecule is CNC(=O)c1c(-c2ccc(F)cc2)oc2cc(NCS(C)(=O)=O)c(OCc3ccc(C(=O)O)c(O)c3)cc12. The van der Waals surface area contributed by atoms with Crippen LogP contribution < -0.4 is 15.4 Å². The number of hydrogen-bond donors (Lipinski definition) is 4. The maximum absolute atomic E-state index is 13.5. The second-order valence-electron chi connectivity index (χ2n) is 8.43. The second kappa shape index (κ2) is 10.4. The lowest BCUT2D eigenvalue weighted by Gasteiger charge is -2.14. The molecular weight excluding hydrogens is 519 g/mol. The predicted octanol–water partition coefficient (Wildman–Crippen LogP) is 4.00. The van der Waals surface area contributed by atoms with Gasteiger partial charge in [-0.15, -0.1) is 0 Å². The zero-order valence-electron chi connectivity index (χ0n) is 20.2. The van der Waals surface area contributed by atoms with Crippen molar-refractivity contribution in [2.45, 2.75) is 6.61 Å². The topological polar surface area (TPSA) is 155 Å². The Balaban J connectivity index is 1.81. The summed E-state index contributed by atoms with van der Waals surface area (Å²) >= 11 is 0. The highest BCUT2D eigenvalue weighted by Gasteiger charge is 2.24. The highest BCUT2D eigenvalue weighted by Crippen LogP contribution is 2.39. The zero-order chi connectivity index (χ0) is 27.6. The average molecular weight is 543 g/mol. The number of furan rings is 1. The molecule has 0 radical (unpaired) electrons. The second-order valence-corrected chi connectivity index (χ2v) is 10.6. The van der Waals surface area contributed by atoms with E-state index in [0.717, 1.165) is 6.26 Å². The Kier molecular flexibility index (Phi) is 7.26. The number of sulfone groups is 1. The van der Waals surface area contributed by atoms with Crippen molar-refractivity contribution in [2.24, 2.45) is 0 Å². The number of aromatic hydroxyl groups is 1. The lowest BCUT2D eigenvalue weighted by molar-refractivity contribution is 0.0693. The molecule has 1 heterocycles. The van der Waals surface area contributed by atoms with Crippen molar-refractivity contribution in [3.8, 4) is 22.8 Å². The summed E-state index contributed by atoms with van der Waals surface area (Å²) < 4.78 is 49.0. The monoisotopic (exact) mass is 542 g/mol. The molecule has 1 aromatic heterocycles. The van der Waals surface area contributed by atoms with Gasteiger partial charge in [-0.25, -0.2) is 17.6 Å². The van der Waals surface area contributed by atoms with Crippen LogP contribution >= 0.6 is 0 Å². The molecule has 3 aromatic carbocycles. The number of benzene rings is 3. The van der Waals surface area contributed by atoms with Gasteiger partial charge in [-0.3, -0.25) is 4.79 Å². The molecule has 38 heavy (non-hydrogen) atoms. The van der Waals surface area contributed by atoms with E-state index in [4.69, 9.17) is 14.3 Å². The molecule has 4 aromatic rings. The third kappa shape index (κ3) is 5.70. The van der Waals surface area contributed by atoms with Gasteiger partial charge in [0.2, 0.25) is 0 Å². The van der Waals surface area contributed by atoms with E-state index >= 15 is 0 Å². The van der Waals surface area contributed by atoms with E-state index in [1.165, 1.54) is 61.6 Å². The van der Waals surface area contributed by atoms with Crippen molar-refractivity contribution < 1.29 is 41.8 Å². The van der Waals surface area contributed by atoms with Crippen LogP contribution in [-0.4, -0.2) is 49.7 Å². The average Bonchev–Trinajstić information content (AvgIpc) is 3.23. The molecule has 4 N–H and O–H groups in total. The molecule has 0 aliphatic heterocycles. The Hall–Kier alpha value is -4.58. The molecule has 4 rings (SSSR count). The third-order valence-corrected chi connectivity index (χ3v) is 6.23. The Morgan fingerprint density at radius 3 is 2.39 bits per heavy atom. The summed E-state index contributed by atoms with van der Waals surface area (Å²) in [4.78, 5) is 24.0. The minimum atomic E-state index is -3.43. The number of phenols is 1. The zero-order valence-corrected chi connectivity index (χ0v) is 21.1. The number of halogens is 1. The van der Waals surface area contributed by atoms with Gasteiger partial charge in [0.15, 0.2) is 9.84 Å². The van der Waals surface area contributed by atoms with Crippen molar-refractivity contribution in [3.05, 3.63) is 77.1 Å². The molecule has 12 heteroatoms. The normalized spacial score (nSPS) is 11.3. The number of fused-ring (bicyclic) bond motifs is 1. The molecule has 0 bridgehead atoms. The van der Waals surface area contributed by atoms with Crippen molar-refractivity contribution in [1.82, 2.24) is 5.32 Å². The standard InChI is InChI=1S/C26H23FN2O8S/c1-28-25(31)23-18-10-22(36-12-14-3-8-17(26(32)33)20(30)9-14)19(29-13-38(2,34)35)11-21(18)37-24(23)15-4-6-16(27)7-5-15/h3-11,29-30H,12-13H2,1-2H3,(H,28,31)(H,32,33). The number of carboxylic acids is 1. The number of carboxylic acid groups (broad SMARTS) is 1. The van der Waals surface area contributed by atoms with Gasteiger partial charge in [-0.1, -0.05) is 6.07 Å². The van der Waals surface area contributed by atoms with Gasteiger partial charge in [0.05, 0.1) is 11.3 Å². The molecule has 0 aliphatic carbocycles. The van der Waals surface area contributed by atoms with E-state index in [2.05, 4.69) is 10.6 Å². The number of rotatable bonds is 9. The first-order valence-corrected chi connectivity index (χ1v) is 13.2. The molecule has 0 aliphatic rings. The molecule has 0 atom stereocenters. The molecule has 10 nitrogen and oxygen atoms in total. The molecule has 0 saturated carbocycles. The molecule has 0 fully saturated rings. The van der Waals surface area contributed by atoms with Gasteiger partial charge < -0.3 is 30.0 Å². The maximum atomic E-state index is 13.5. The van der Waals surface area contributed by atoms with Crippen LogP contribution in [0, 0.1) is 5.82 Å². The minimum absolute atomic E-state index is 0.121. The summed E-state index contributed by atoms with van der Waals surface area (Å²) in [6, 6.07) is 12.3. The maximum Gasteiger partial charge on any atom is 0.339 e. The highest BCUT2D eigenvalue weighted by molar-refractivity contribution is 7.90. The lowest BCUT2D eigenvalue weighted by atomic mass is 10.0. The number of anilines is 1. The van der Waals surface area contributed by atoms with Crippen LogP contribution in [0.3, 0.4) is 0 Å². The van der Waals surface area contributed by atoms with Crippen molar-refractivity contribution in [2.75, 3.05) is 24.5 Å². The van der Waals surface area contributed by atoms with Crippen LogP contribution in [0.15, 0.2) is 59.0 Å². The van der Waals surface area contributed by atoms with Crippen LogP contribution in [0.5, 0.6) is 11.5 Å². The fraction of sp³-hybridized carbons (Fsp3) is 0.154. The Morgan fingerprint density at radius 2 is 1.79 bits per heavy atom. The van der Waals surface area contributed by atoms with Crippen LogP contribution in [0.4, 0.5) is 10.1 Å². The van der Waals surface area contributed by atoms with Crippen LogP contribution in [-0.2, 0) is 16.4 Å². The number of aromatic carboxylic acids is 1. The van der Waals surface area contributed by atoms with Crippen LogP contribution in [0.2, 0.25) is 0 Å². The number of amides is 1. The molecule has 0 unspecified atom stereocenters. The Labute approximate surface area is 216 Å². The first kappa shape index (κ1) is 26.5. The van der Waals surface area contributed by atoms with E-state index in [9.17, 15) is 27.5 Å². The van der Waals surface area contributed by atoms with Gasteiger partial charge in [-0.05, 0) is 48.0 Å². The third-order valence-electron chi connectivity index (χ3n) is 5.56. The largest absolute Gasteiger partial charge is 0.507 e. The van der Waals surface area contributed by atoms with E-state index in [0.29, 0.717) is 16.5 Å². The molecular formula is C26H23FN2O8S. The number of ether oxygens (including phenoxy) is 1. The quantitative estimate of drug-likeness (QED) is 0.246. The highest BCUT2D eigenvalue weighted by atomic mass is 32.2. The lowest BCUT2D eigenvalue weighted by Crippen LogP contribution is -2.18. The first-order chi connectivity index (χ1) is 18.0. The van der Waals surface area contributed by atoms with Gasteiger partial charge in [0.1, 0.15) is 46.7 Å². The Bertz CT molecular complexity index is 1650. The van der Waals surface area contributed by atoms with Crippen molar-refractivity contribution in [1.29, 1.82) is 0 Å². The smallest absolute Gasteiger partial charge is 0.339 e. The number of nitrogens with one attached hydrogen (secondary N) is 2. The van der Waals surface area contributed by atoms with Gasteiger partial charge in [-0.2, -0.15) is 0 Å². The first-order valence-electron chi connectivity index (χ1n) is 11.1. The van der Waals surface area contributed by atoms with Gasteiger partial charge in [0, 0.05) is 30.3 Å². The molecule has 198 valence electrons. The fourth-order valence-corrected chi connectivity index (χ4v) is 4.17. The van der Waals surface area contributed by atoms with Crippen LogP contribution in [0.1, 0.15) is 26.3 Å². The van der Waals surface area contributed by atoms with E-state index in [1.807, 2.05) is 0 Å². The summed E-state index contributed by atoms with van der Waals surface area (Å²) in [7, 11) is -1.98. The number of carbonyl (C=O) groups is 2. The van der Waals surface area contributed by atoms with Gasteiger partial charge in [0.25, 0.3) is 5.91 Å². The van der Waals surface area contributed by atoms with Gasteiger partial charge >= 0.3 is 5.97 Å².